The summed E-state index contributed by atoms with van der Waals surface area (Å²) in [5, 5.41) is 3.22. The Balaban J connectivity index is 1.84. The molecule has 3 fully saturated rings. The van der Waals surface area contributed by atoms with Gasteiger partial charge in [-0.1, -0.05) is 0 Å². The van der Waals surface area contributed by atoms with Gasteiger partial charge in [-0.3, -0.25) is 4.90 Å². The summed E-state index contributed by atoms with van der Waals surface area (Å²) in [7, 11) is 1.77. The zero-order valence-electron chi connectivity index (χ0n) is 7.92. The van der Waals surface area contributed by atoms with Crippen LogP contribution >= 0.6 is 0 Å². The number of hydrogen-bond acceptors (Lipinski definition) is 3. The molecule has 0 saturated carbocycles. The highest BCUT2D eigenvalue weighted by Gasteiger charge is 2.55. The topological polar surface area (TPSA) is 36.9 Å². The first-order valence-electron chi connectivity index (χ1n) is 4.94. The predicted molar refractivity (Wildman–Crippen MR) is 49.7 cm³/mol. The number of amidine groups is 1. The molecule has 13 heavy (non-hydrogen) atoms. The molecule has 0 aromatic rings. The van der Waals surface area contributed by atoms with Crippen molar-refractivity contribution in [2.75, 3.05) is 33.2 Å². The molecule has 3 atom stereocenters. The molecule has 1 spiro atoms. The fourth-order valence-electron chi connectivity index (χ4n) is 2.84. The maximum atomic E-state index is 5.89. The molecule has 1 N–H and O–H groups in total. The summed E-state index contributed by atoms with van der Waals surface area (Å²) in [6, 6.07) is 0.730. The maximum absolute atomic E-state index is 5.89. The number of nitrogens with zero attached hydrogens (tertiary/aromatic N) is 2. The van der Waals surface area contributed by atoms with Crippen molar-refractivity contribution in [2.24, 2.45) is 10.9 Å². The van der Waals surface area contributed by atoms with Gasteiger partial charge in [-0.05, 0) is 13.0 Å². The highest BCUT2D eigenvalue weighted by Crippen LogP contribution is 2.40. The van der Waals surface area contributed by atoms with Gasteiger partial charge in [0.05, 0.1) is 6.54 Å². The Morgan fingerprint density at radius 1 is 1.69 bits per heavy atom. The van der Waals surface area contributed by atoms with Crippen LogP contribution in [0.1, 0.15) is 6.42 Å². The molecular weight excluding hydrogens is 166 g/mol. The number of piperidine rings is 1. The molecule has 0 radical (unpaired) electrons. The van der Waals surface area contributed by atoms with Gasteiger partial charge in [0.1, 0.15) is 5.60 Å². The van der Waals surface area contributed by atoms with Gasteiger partial charge in [-0.2, -0.15) is 0 Å². The molecule has 0 aliphatic carbocycles. The molecule has 3 aliphatic rings. The van der Waals surface area contributed by atoms with Crippen LogP contribution in [0.15, 0.2) is 4.99 Å². The van der Waals surface area contributed by atoms with Gasteiger partial charge in [-0.15, -0.1) is 0 Å². The monoisotopic (exact) mass is 181 g/mol. The van der Waals surface area contributed by atoms with E-state index in [0.717, 1.165) is 25.0 Å². The Bertz CT molecular complexity index is 266. The second-order valence-electron chi connectivity index (χ2n) is 4.27. The van der Waals surface area contributed by atoms with Gasteiger partial charge in [0.2, 0.25) is 0 Å². The first kappa shape index (κ1) is 7.62. The second kappa shape index (κ2) is 2.38. The molecule has 72 valence electrons. The third kappa shape index (κ3) is 0.921. The lowest BCUT2D eigenvalue weighted by atomic mass is 9.88. The Labute approximate surface area is 78.0 Å². The third-order valence-electron chi connectivity index (χ3n) is 3.55. The van der Waals surface area contributed by atoms with E-state index in [4.69, 9.17) is 4.74 Å². The number of aliphatic imine (C=N–C) groups is 1. The van der Waals surface area contributed by atoms with Crippen molar-refractivity contribution in [3.05, 3.63) is 0 Å². The largest absolute Gasteiger partial charge is 0.455 e. The fourth-order valence-corrected chi connectivity index (χ4v) is 2.84. The summed E-state index contributed by atoms with van der Waals surface area (Å²) in [6.45, 7) is 4.51. The lowest BCUT2D eigenvalue weighted by molar-refractivity contribution is 0.0412. The van der Waals surface area contributed by atoms with E-state index in [0.29, 0.717) is 0 Å². The van der Waals surface area contributed by atoms with Crippen LogP contribution in [0.5, 0.6) is 0 Å². The molecule has 0 aromatic heterocycles. The molecular formula is C9H15N3O. The van der Waals surface area contributed by atoms with Crippen LogP contribution in [0.2, 0.25) is 0 Å². The van der Waals surface area contributed by atoms with Crippen molar-refractivity contribution >= 4 is 6.02 Å². The number of nitrogens with one attached hydrogen (secondary N) is 1. The van der Waals surface area contributed by atoms with E-state index < -0.39 is 0 Å². The van der Waals surface area contributed by atoms with Crippen LogP contribution in [0.4, 0.5) is 0 Å². The Morgan fingerprint density at radius 3 is 3.15 bits per heavy atom. The van der Waals surface area contributed by atoms with Crippen molar-refractivity contribution in [3.63, 3.8) is 0 Å². The van der Waals surface area contributed by atoms with E-state index >= 15 is 0 Å². The summed E-state index contributed by atoms with van der Waals surface area (Å²) < 4.78 is 5.89. The number of rotatable bonds is 0. The van der Waals surface area contributed by atoms with Gasteiger partial charge in [0.25, 0.3) is 6.02 Å². The number of fused-ring (bicyclic) bond motifs is 3. The summed E-state index contributed by atoms with van der Waals surface area (Å²) >= 11 is 0. The van der Waals surface area contributed by atoms with Crippen LogP contribution < -0.4 is 5.32 Å². The van der Waals surface area contributed by atoms with E-state index in [2.05, 4.69) is 15.2 Å². The van der Waals surface area contributed by atoms with Crippen molar-refractivity contribution in [1.29, 1.82) is 0 Å². The minimum absolute atomic E-state index is 0.0626. The Morgan fingerprint density at radius 2 is 2.62 bits per heavy atom. The van der Waals surface area contributed by atoms with Gasteiger partial charge >= 0.3 is 0 Å². The first-order valence-corrected chi connectivity index (χ1v) is 4.94. The second-order valence-corrected chi connectivity index (χ2v) is 4.27. The number of ether oxygens (including phenoxy) is 1. The highest BCUT2D eigenvalue weighted by molar-refractivity contribution is 5.76. The van der Waals surface area contributed by atoms with Crippen molar-refractivity contribution in [2.45, 2.75) is 12.0 Å². The molecule has 3 saturated heterocycles. The van der Waals surface area contributed by atoms with E-state index in [1.165, 1.54) is 19.5 Å². The number of hydrogen-bond donors (Lipinski definition) is 1. The van der Waals surface area contributed by atoms with Gasteiger partial charge < -0.3 is 10.1 Å². The molecule has 3 rings (SSSR count). The van der Waals surface area contributed by atoms with Crippen LogP contribution in [0.25, 0.3) is 0 Å². The summed E-state index contributed by atoms with van der Waals surface area (Å²) in [6.07, 6.45) is 1.29. The van der Waals surface area contributed by atoms with Gasteiger partial charge in [0, 0.05) is 26.1 Å². The smallest absolute Gasteiger partial charge is 0.285 e. The van der Waals surface area contributed by atoms with Crippen LogP contribution in [-0.4, -0.2) is 49.7 Å². The normalized spacial score (nSPS) is 50.1. The Hall–Kier alpha value is -0.770. The lowest BCUT2D eigenvalue weighted by Crippen LogP contribution is -2.45. The minimum Gasteiger partial charge on any atom is -0.455 e. The van der Waals surface area contributed by atoms with Crippen LogP contribution in [0.3, 0.4) is 0 Å². The van der Waals surface area contributed by atoms with E-state index in [1.54, 1.807) is 7.05 Å². The van der Waals surface area contributed by atoms with Gasteiger partial charge in [-0.25, -0.2) is 4.99 Å². The average molecular weight is 181 g/mol. The summed E-state index contributed by atoms with van der Waals surface area (Å²) in [5.74, 6) is 0.722. The third-order valence-corrected chi connectivity index (χ3v) is 3.55. The lowest BCUT2D eigenvalue weighted by Gasteiger charge is -2.30. The minimum atomic E-state index is 0.0626. The fraction of sp³-hybridized carbons (Fsp3) is 0.889. The van der Waals surface area contributed by atoms with E-state index in [1.807, 2.05) is 0 Å². The highest BCUT2D eigenvalue weighted by atomic mass is 16.5. The summed E-state index contributed by atoms with van der Waals surface area (Å²) in [5.41, 5.74) is 0.0626. The molecule has 0 amide bonds. The maximum Gasteiger partial charge on any atom is 0.285 e. The van der Waals surface area contributed by atoms with Crippen LogP contribution in [-0.2, 0) is 4.74 Å². The van der Waals surface area contributed by atoms with Crippen molar-refractivity contribution in [3.8, 4) is 0 Å². The van der Waals surface area contributed by atoms with Crippen LogP contribution in [0, 0.1) is 5.92 Å². The summed E-state index contributed by atoms with van der Waals surface area (Å²) in [4.78, 5) is 6.55. The zero-order valence-corrected chi connectivity index (χ0v) is 7.92. The Kier molecular flexibility index (Phi) is 1.39. The first-order chi connectivity index (χ1) is 6.32. The molecule has 4 heteroatoms. The van der Waals surface area contributed by atoms with Crippen molar-refractivity contribution < 1.29 is 4.74 Å². The predicted octanol–water partition coefficient (Wildman–Crippen LogP) is -0.334. The zero-order chi connectivity index (χ0) is 8.89. The average Bonchev–Trinajstić information content (AvgIpc) is 2.80. The van der Waals surface area contributed by atoms with E-state index in [9.17, 15) is 0 Å². The molecule has 3 heterocycles. The molecule has 0 aromatic carbocycles. The van der Waals surface area contributed by atoms with Gasteiger partial charge in [0.15, 0.2) is 0 Å². The molecule has 2 bridgehead atoms. The van der Waals surface area contributed by atoms with Crippen molar-refractivity contribution in [1.82, 2.24) is 10.2 Å². The molecule has 3 aliphatic heterocycles. The SMILES string of the molecule is CN=C1NCC2(CN3CCC2C3)O1. The standard InChI is InChI=1S/C9H15N3O/c1-10-8-11-5-9(13-8)6-12-3-2-7(9)4-12/h7H,2-6H2,1H3,(H,10,11). The molecule has 3 unspecified atom stereocenters. The quantitative estimate of drug-likeness (QED) is 0.556. The molecule has 4 nitrogen and oxygen atoms in total. The van der Waals surface area contributed by atoms with E-state index in [-0.39, 0.29) is 5.60 Å².